The Morgan fingerprint density at radius 3 is 1.49 bits per heavy atom. The van der Waals surface area contributed by atoms with Crippen molar-refractivity contribution >= 4 is 11.9 Å². The van der Waals surface area contributed by atoms with Gasteiger partial charge in [0.25, 0.3) is 0 Å². The van der Waals surface area contributed by atoms with Crippen LogP contribution in [0, 0.1) is 5.41 Å². The Labute approximate surface area is 306 Å². The molecule has 49 heavy (non-hydrogen) atoms. The van der Waals surface area contributed by atoms with Crippen LogP contribution in [0.2, 0.25) is 0 Å². The molecule has 1 atom stereocenters. The molecule has 0 N–H and O–H groups in total. The molecule has 0 bridgehead atoms. The lowest BCUT2D eigenvalue weighted by molar-refractivity contribution is -0.150. The minimum Gasteiger partial charge on any atom is -0.466 e. The molecule has 290 valence electrons. The maximum absolute atomic E-state index is 12.9. The predicted molar refractivity (Wildman–Crippen MR) is 210 cm³/mol. The first-order valence-electron chi connectivity index (χ1n) is 22.1. The molecule has 5 nitrogen and oxygen atoms in total. The molecule has 1 aliphatic rings. The van der Waals surface area contributed by atoms with Crippen LogP contribution >= 0.6 is 0 Å². The van der Waals surface area contributed by atoms with Gasteiger partial charge in [-0.05, 0) is 82.7 Å². The van der Waals surface area contributed by atoms with E-state index in [9.17, 15) is 9.59 Å². The van der Waals surface area contributed by atoms with E-state index >= 15 is 0 Å². The van der Waals surface area contributed by atoms with Crippen LogP contribution in [0.3, 0.4) is 0 Å². The maximum Gasteiger partial charge on any atom is 0.306 e. The zero-order valence-corrected chi connectivity index (χ0v) is 33.6. The molecule has 0 aliphatic carbocycles. The van der Waals surface area contributed by atoms with E-state index in [1.54, 1.807) is 0 Å². The van der Waals surface area contributed by atoms with Gasteiger partial charge in [0.2, 0.25) is 0 Å². The molecule has 0 aromatic rings. The molecule has 1 rings (SSSR count). The van der Waals surface area contributed by atoms with Crippen molar-refractivity contribution in [1.29, 1.82) is 0 Å². The number of rotatable bonds is 36. The smallest absolute Gasteiger partial charge is 0.306 e. The number of hydrogen-bond donors (Lipinski definition) is 0. The van der Waals surface area contributed by atoms with Crippen LogP contribution in [0.25, 0.3) is 0 Å². The third kappa shape index (κ3) is 26.4. The van der Waals surface area contributed by atoms with Gasteiger partial charge in [0, 0.05) is 19.4 Å². The molecule has 1 unspecified atom stereocenters. The van der Waals surface area contributed by atoms with Gasteiger partial charge in [-0.2, -0.15) is 0 Å². The number of carbonyl (C=O) groups is 2. The monoisotopic (exact) mass is 692 g/mol. The highest BCUT2D eigenvalue weighted by Gasteiger charge is 2.36. The van der Waals surface area contributed by atoms with Crippen LogP contribution in [0.1, 0.15) is 233 Å². The first kappa shape index (κ1) is 45.9. The number of likely N-dealkylation sites (tertiary alicyclic amines) is 1. The van der Waals surface area contributed by atoms with Crippen molar-refractivity contribution in [3.05, 3.63) is 0 Å². The zero-order chi connectivity index (χ0) is 35.7. The van der Waals surface area contributed by atoms with Crippen LogP contribution in [0.5, 0.6) is 0 Å². The third-order valence-corrected chi connectivity index (χ3v) is 11.2. The van der Waals surface area contributed by atoms with E-state index < -0.39 is 0 Å². The molecule has 0 saturated carbocycles. The van der Waals surface area contributed by atoms with Crippen molar-refractivity contribution in [3.63, 3.8) is 0 Å². The summed E-state index contributed by atoms with van der Waals surface area (Å²) >= 11 is 0. The Morgan fingerprint density at radius 1 is 0.551 bits per heavy atom. The molecular weight excluding hydrogens is 606 g/mol. The summed E-state index contributed by atoms with van der Waals surface area (Å²) in [6.07, 6.45) is 37.9. The maximum atomic E-state index is 12.9. The van der Waals surface area contributed by atoms with E-state index in [0.29, 0.717) is 24.9 Å². The normalized spacial score (nSPS) is 16.5. The first-order chi connectivity index (χ1) is 24.0. The van der Waals surface area contributed by atoms with Crippen molar-refractivity contribution in [2.75, 3.05) is 26.2 Å². The van der Waals surface area contributed by atoms with Gasteiger partial charge in [-0.15, -0.1) is 0 Å². The van der Waals surface area contributed by atoms with Crippen LogP contribution in [0.15, 0.2) is 0 Å². The Hall–Kier alpha value is -1.10. The quantitative estimate of drug-likeness (QED) is 0.0483. The third-order valence-electron chi connectivity index (χ3n) is 11.2. The van der Waals surface area contributed by atoms with Gasteiger partial charge in [-0.3, -0.25) is 9.59 Å². The summed E-state index contributed by atoms with van der Waals surface area (Å²) in [5, 5.41) is 0. The van der Waals surface area contributed by atoms with Crippen molar-refractivity contribution in [2.24, 2.45) is 5.41 Å². The van der Waals surface area contributed by atoms with E-state index in [1.807, 2.05) is 0 Å². The summed E-state index contributed by atoms with van der Waals surface area (Å²) in [5.74, 6) is 0.0315. The largest absolute Gasteiger partial charge is 0.466 e. The molecule has 0 amide bonds. The van der Waals surface area contributed by atoms with Gasteiger partial charge < -0.3 is 14.4 Å². The standard InChI is InChI=1S/C44H85NO4/c1-5-9-12-15-18-21-30-39-48-42(46)33-26-22-28-35-44(37-38-45(8-4)40-44)36-29-23-27-34-43(47)49-41(31-24-19-16-13-10-6-2)32-25-20-17-14-11-7-3/h41H,5-40H2,1-4H3. The fourth-order valence-corrected chi connectivity index (χ4v) is 7.85. The minimum atomic E-state index is -0.00612. The Morgan fingerprint density at radius 2 is 1.00 bits per heavy atom. The number of carbonyl (C=O) groups excluding carboxylic acids is 2. The van der Waals surface area contributed by atoms with E-state index in [0.717, 1.165) is 51.5 Å². The van der Waals surface area contributed by atoms with Crippen LogP contribution in [-0.2, 0) is 19.1 Å². The number of hydrogen-bond acceptors (Lipinski definition) is 5. The summed E-state index contributed by atoms with van der Waals surface area (Å²) in [4.78, 5) is 27.7. The molecule has 0 aromatic carbocycles. The van der Waals surface area contributed by atoms with Gasteiger partial charge in [0.15, 0.2) is 0 Å². The first-order valence-corrected chi connectivity index (χ1v) is 22.1. The molecular formula is C44H85NO4. The van der Waals surface area contributed by atoms with Gasteiger partial charge in [-0.1, -0.05) is 156 Å². The van der Waals surface area contributed by atoms with E-state index in [-0.39, 0.29) is 18.0 Å². The second-order valence-corrected chi connectivity index (χ2v) is 15.8. The second kappa shape index (κ2) is 32.8. The fourth-order valence-electron chi connectivity index (χ4n) is 7.85. The van der Waals surface area contributed by atoms with Gasteiger partial charge >= 0.3 is 11.9 Å². The van der Waals surface area contributed by atoms with Gasteiger partial charge in [0.1, 0.15) is 6.10 Å². The molecule has 0 radical (unpaired) electrons. The average molecular weight is 692 g/mol. The van der Waals surface area contributed by atoms with E-state index in [4.69, 9.17) is 9.47 Å². The molecule has 1 fully saturated rings. The lowest BCUT2D eigenvalue weighted by Gasteiger charge is -2.30. The lowest BCUT2D eigenvalue weighted by Crippen LogP contribution is -2.27. The number of ether oxygens (including phenoxy) is 2. The SMILES string of the molecule is CCCCCCCCCOC(=O)CCCCCC1(CCCCCC(=O)OC(CCCCCCCC)CCCCCCCC)CCN(CC)C1. The van der Waals surface area contributed by atoms with Crippen molar-refractivity contribution in [1.82, 2.24) is 4.90 Å². The summed E-state index contributed by atoms with van der Waals surface area (Å²) < 4.78 is 11.6. The van der Waals surface area contributed by atoms with Crippen LogP contribution in [-0.4, -0.2) is 49.2 Å². The molecule has 1 heterocycles. The van der Waals surface area contributed by atoms with Crippen LogP contribution in [0.4, 0.5) is 0 Å². The number of esters is 2. The van der Waals surface area contributed by atoms with Crippen molar-refractivity contribution in [3.8, 4) is 0 Å². The number of unbranched alkanes of at least 4 members (excludes halogenated alkanes) is 20. The Bertz CT molecular complexity index is 741. The van der Waals surface area contributed by atoms with Crippen molar-refractivity contribution < 1.29 is 19.1 Å². The molecule has 1 aliphatic heterocycles. The highest BCUT2D eigenvalue weighted by molar-refractivity contribution is 5.69. The summed E-state index contributed by atoms with van der Waals surface area (Å²) in [6.45, 7) is 13.2. The molecule has 0 spiro atoms. The van der Waals surface area contributed by atoms with Crippen molar-refractivity contribution in [2.45, 2.75) is 239 Å². The minimum absolute atomic E-state index is 0.00612. The summed E-state index contributed by atoms with van der Waals surface area (Å²) in [6, 6.07) is 0. The second-order valence-electron chi connectivity index (χ2n) is 15.8. The lowest BCUT2D eigenvalue weighted by atomic mass is 9.77. The number of nitrogens with zero attached hydrogens (tertiary/aromatic N) is 1. The van der Waals surface area contributed by atoms with E-state index in [2.05, 4.69) is 32.6 Å². The molecule has 1 saturated heterocycles. The zero-order valence-electron chi connectivity index (χ0n) is 33.6. The Kier molecular flexibility index (Phi) is 30.7. The van der Waals surface area contributed by atoms with Gasteiger partial charge in [-0.25, -0.2) is 0 Å². The fraction of sp³-hybridized carbons (Fsp3) is 0.955. The molecule has 0 aromatic heterocycles. The Balaban J connectivity index is 2.31. The topological polar surface area (TPSA) is 55.8 Å². The van der Waals surface area contributed by atoms with Gasteiger partial charge in [0.05, 0.1) is 6.61 Å². The summed E-state index contributed by atoms with van der Waals surface area (Å²) in [7, 11) is 0. The van der Waals surface area contributed by atoms with Crippen LogP contribution < -0.4 is 0 Å². The van der Waals surface area contributed by atoms with E-state index in [1.165, 1.54) is 161 Å². The molecule has 5 heteroatoms. The summed E-state index contributed by atoms with van der Waals surface area (Å²) in [5.41, 5.74) is 0.410. The highest BCUT2D eigenvalue weighted by Crippen LogP contribution is 2.40. The highest BCUT2D eigenvalue weighted by atomic mass is 16.5. The average Bonchev–Trinajstić information content (AvgIpc) is 3.51. The predicted octanol–water partition coefficient (Wildman–Crippen LogP) is 13.3.